The summed E-state index contributed by atoms with van der Waals surface area (Å²) in [6, 6.07) is 13.8. The van der Waals surface area contributed by atoms with Crippen molar-refractivity contribution >= 4 is 22.9 Å². The lowest BCUT2D eigenvalue weighted by molar-refractivity contribution is 0.0837. The van der Waals surface area contributed by atoms with Crippen LogP contribution in [-0.2, 0) is 0 Å². The van der Waals surface area contributed by atoms with E-state index in [4.69, 9.17) is 9.73 Å². The Morgan fingerprint density at radius 1 is 1.12 bits per heavy atom. The number of fused-ring (bicyclic) bond motifs is 4. The van der Waals surface area contributed by atoms with E-state index in [1.165, 1.54) is 0 Å². The molecule has 0 spiro atoms. The zero-order chi connectivity index (χ0) is 17.6. The van der Waals surface area contributed by atoms with Crippen LogP contribution in [0.4, 0.5) is 11.4 Å². The number of hydrogen-bond donors (Lipinski definition) is 0. The third-order valence-electron chi connectivity index (χ3n) is 5.12. The first kappa shape index (κ1) is 15.9. The summed E-state index contributed by atoms with van der Waals surface area (Å²) in [7, 11) is 0. The summed E-state index contributed by atoms with van der Waals surface area (Å²) in [5.74, 6) is 0.864. The van der Waals surface area contributed by atoms with Crippen molar-refractivity contribution in [2.45, 2.75) is 32.8 Å². The number of carbonyl (C=O) groups is 1. The van der Waals surface area contributed by atoms with E-state index in [9.17, 15) is 4.79 Å². The summed E-state index contributed by atoms with van der Waals surface area (Å²) in [6.07, 6.45) is 0.317. The first-order valence-electron chi connectivity index (χ1n) is 8.85. The molecule has 1 unspecified atom stereocenters. The Balaban J connectivity index is 1.85. The van der Waals surface area contributed by atoms with Crippen LogP contribution in [-0.4, -0.2) is 30.2 Å². The lowest BCUT2D eigenvalue weighted by atomic mass is 9.78. The molecule has 4 rings (SSSR count). The number of carbonyl (C=O) groups excluding carboxylic acids is 1. The maximum atomic E-state index is 12.6. The molecular weight excluding hydrogens is 312 g/mol. The largest absolute Gasteiger partial charge is 0.478 e. The van der Waals surface area contributed by atoms with Crippen LogP contribution in [0, 0.1) is 0 Å². The predicted octanol–water partition coefficient (Wildman–Crippen LogP) is 4.39. The fraction of sp³-hybridized carbons (Fsp3) is 0.333. The molecule has 0 aromatic heterocycles. The standard InChI is InChI=1S/C21H22N2O2/c1-4-23(5-2)14-10-11-17-19(12-14)25-21(3)13-18(24)15-8-6-7-9-16(15)20(21)22-17/h6-12H,4-5,13H2,1-3H3. The van der Waals surface area contributed by atoms with Crippen molar-refractivity contribution < 1.29 is 9.53 Å². The van der Waals surface area contributed by atoms with Gasteiger partial charge in [0.15, 0.2) is 11.4 Å². The molecule has 0 radical (unpaired) electrons. The molecule has 1 atom stereocenters. The summed E-state index contributed by atoms with van der Waals surface area (Å²) in [5, 5.41) is 0. The van der Waals surface area contributed by atoms with Crippen molar-refractivity contribution in [2.24, 2.45) is 4.99 Å². The van der Waals surface area contributed by atoms with Gasteiger partial charge >= 0.3 is 0 Å². The Bertz CT molecular complexity index is 883. The lowest BCUT2D eigenvalue weighted by Crippen LogP contribution is -2.49. The van der Waals surface area contributed by atoms with Crippen molar-refractivity contribution in [3.63, 3.8) is 0 Å². The topological polar surface area (TPSA) is 41.9 Å². The van der Waals surface area contributed by atoms with E-state index in [-0.39, 0.29) is 5.78 Å². The first-order valence-corrected chi connectivity index (χ1v) is 8.85. The monoisotopic (exact) mass is 334 g/mol. The molecule has 0 N–H and O–H groups in total. The van der Waals surface area contributed by atoms with E-state index in [1.807, 2.05) is 43.3 Å². The van der Waals surface area contributed by atoms with Crippen molar-refractivity contribution in [1.82, 2.24) is 0 Å². The van der Waals surface area contributed by atoms with E-state index in [2.05, 4.69) is 24.8 Å². The summed E-state index contributed by atoms with van der Waals surface area (Å²) < 4.78 is 6.35. The second-order valence-corrected chi connectivity index (χ2v) is 6.76. The van der Waals surface area contributed by atoms with Crippen LogP contribution >= 0.6 is 0 Å². The highest BCUT2D eigenvalue weighted by molar-refractivity contribution is 6.21. The quantitative estimate of drug-likeness (QED) is 0.836. The van der Waals surface area contributed by atoms with Gasteiger partial charge in [-0.2, -0.15) is 0 Å². The third kappa shape index (κ3) is 2.44. The molecule has 2 aliphatic rings. The number of nitrogens with zero attached hydrogens (tertiary/aromatic N) is 2. The normalized spacial score (nSPS) is 20.8. The number of ether oxygens (including phenoxy) is 1. The molecule has 1 heterocycles. The van der Waals surface area contributed by atoms with Crippen molar-refractivity contribution in [1.29, 1.82) is 0 Å². The van der Waals surface area contributed by atoms with Gasteiger partial charge < -0.3 is 9.64 Å². The van der Waals surface area contributed by atoms with Gasteiger partial charge in [-0.1, -0.05) is 24.3 Å². The highest BCUT2D eigenvalue weighted by Gasteiger charge is 2.44. The number of ketones is 1. The van der Waals surface area contributed by atoms with E-state index >= 15 is 0 Å². The van der Waals surface area contributed by atoms with Crippen LogP contribution in [0.1, 0.15) is 43.1 Å². The smallest absolute Gasteiger partial charge is 0.167 e. The zero-order valence-corrected chi connectivity index (χ0v) is 14.9. The lowest BCUT2D eigenvalue weighted by Gasteiger charge is -2.39. The van der Waals surface area contributed by atoms with Crippen molar-refractivity contribution in [3.8, 4) is 5.75 Å². The van der Waals surface area contributed by atoms with Gasteiger partial charge in [0.2, 0.25) is 0 Å². The second-order valence-electron chi connectivity index (χ2n) is 6.76. The van der Waals surface area contributed by atoms with Gasteiger partial charge in [-0.3, -0.25) is 4.79 Å². The molecule has 1 aliphatic carbocycles. The minimum Gasteiger partial charge on any atom is -0.478 e. The Morgan fingerprint density at radius 3 is 2.56 bits per heavy atom. The van der Waals surface area contributed by atoms with Crippen LogP contribution in [0.15, 0.2) is 47.5 Å². The van der Waals surface area contributed by atoms with Gasteiger partial charge in [0, 0.05) is 36.0 Å². The minimum absolute atomic E-state index is 0.111. The van der Waals surface area contributed by atoms with E-state index < -0.39 is 5.60 Å². The van der Waals surface area contributed by atoms with Gasteiger partial charge in [0.25, 0.3) is 0 Å². The fourth-order valence-corrected chi connectivity index (χ4v) is 3.79. The van der Waals surface area contributed by atoms with Gasteiger partial charge in [0.05, 0.1) is 12.1 Å². The minimum atomic E-state index is -0.708. The number of Topliss-reactive ketones (excluding diaryl/α,β-unsaturated/α-hetero) is 1. The zero-order valence-electron chi connectivity index (χ0n) is 14.9. The summed E-state index contributed by atoms with van der Waals surface area (Å²) >= 11 is 0. The van der Waals surface area contributed by atoms with Crippen LogP contribution in [0.5, 0.6) is 5.75 Å². The van der Waals surface area contributed by atoms with Gasteiger partial charge in [-0.05, 0) is 32.9 Å². The number of aliphatic imine (C=N–C) groups is 1. The van der Waals surface area contributed by atoms with Crippen LogP contribution in [0.2, 0.25) is 0 Å². The molecule has 2 aromatic rings. The van der Waals surface area contributed by atoms with Crippen LogP contribution < -0.4 is 9.64 Å². The van der Waals surface area contributed by atoms with Gasteiger partial charge in [0.1, 0.15) is 11.4 Å². The van der Waals surface area contributed by atoms with Gasteiger partial charge in [-0.25, -0.2) is 4.99 Å². The molecule has 0 saturated heterocycles. The van der Waals surface area contributed by atoms with Crippen LogP contribution in [0.3, 0.4) is 0 Å². The molecule has 0 fully saturated rings. The number of benzene rings is 2. The number of anilines is 1. The molecule has 25 heavy (non-hydrogen) atoms. The molecule has 2 aromatic carbocycles. The summed E-state index contributed by atoms with van der Waals surface area (Å²) in [6.45, 7) is 8.11. The number of hydrogen-bond acceptors (Lipinski definition) is 4. The Kier molecular flexibility index (Phi) is 3.64. The second kappa shape index (κ2) is 5.73. The maximum Gasteiger partial charge on any atom is 0.167 e. The summed E-state index contributed by atoms with van der Waals surface area (Å²) in [4.78, 5) is 19.7. The highest BCUT2D eigenvalue weighted by atomic mass is 16.5. The van der Waals surface area contributed by atoms with E-state index in [1.54, 1.807) is 0 Å². The predicted molar refractivity (Wildman–Crippen MR) is 101 cm³/mol. The molecule has 1 aliphatic heterocycles. The molecular formula is C21H22N2O2. The number of rotatable bonds is 3. The van der Waals surface area contributed by atoms with Gasteiger partial charge in [-0.15, -0.1) is 0 Å². The highest BCUT2D eigenvalue weighted by Crippen LogP contribution is 2.43. The molecule has 0 saturated carbocycles. The first-order chi connectivity index (χ1) is 12.1. The average Bonchev–Trinajstić information content (AvgIpc) is 2.61. The summed E-state index contributed by atoms with van der Waals surface area (Å²) in [5.41, 5.74) is 3.72. The molecule has 128 valence electrons. The fourth-order valence-electron chi connectivity index (χ4n) is 3.79. The average molecular weight is 334 g/mol. The third-order valence-corrected chi connectivity index (χ3v) is 5.12. The van der Waals surface area contributed by atoms with E-state index in [0.717, 1.165) is 47.1 Å². The Hall–Kier alpha value is -2.62. The van der Waals surface area contributed by atoms with Crippen LogP contribution in [0.25, 0.3) is 0 Å². The van der Waals surface area contributed by atoms with Crippen molar-refractivity contribution in [3.05, 3.63) is 53.6 Å². The molecule has 4 nitrogen and oxygen atoms in total. The van der Waals surface area contributed by atoms with Crippen molar-refractivity contribution in [2.75, 3.05) is 18.0 Å². The Labute approximate surface area is 148 Å². The molecule has 0 bridgehead atoms. The maximum absolute atomic E-state index is 12.6. The molecule has 0 amide bonds. The van der Waals surface area contributed by atoms with E-state index in [0.29, 0.717) is 6.42 Å². The Morgan fingerprint density at radius 2 is 1.84 bits per heavy atom. The molecule has 4 heteroatoms. The SMILES string of the molecule is CCN(CC)c1ccc2c(c1)OC1(C)CC(=O)c3ccccc3C1=N2.